The predicted molar refractivity (Wildman–Crippen MR) is 59.5 cm³/mol. The van der Waals surface area contributed by atoms with Crippen LogP contribution in [0.5, 0.6) is 0 Å². The van der Waals surface area contributed by atoms with E-state index in [2.05, 4.69) is 61.8 Å². The number of likely N-dealkylation sites (N-methyl/N-ethyl adjacent to an activating group) is 1. The first-order valence-electron chi connectivity index (χ1n) is 5.01. The Balaban J connectivity index is 2.11. The second-order valence-electron chi connectivity index (χ2n) is 4.08. The van der Waals surface area contributed by atoms with Crippen LogP contribution in [0.15, 0.2) is 54.8 Å². The number of hydrogen-bond acceptors (Lipinski definition) is 0. The zero-order chi connectivity index (χ0) is 9.86. The molecule has 1 heterocycles. The molecule has 1 aromatic carbocycles. The van der Waals surface area contributed by atoms with Gasteiger partial charge < -0.3 is 0 Å². The zero-order valence-corrected chi connectivity index (χ0v) is 8.56. The Kier molecular flexibility index (Phi) is 2.51. The van der Waals surface area contributed by atoms with E-state index in [0.29, 0.717) is 0 Å². The molecule has 14 heavy (non-hydrogen) atoms. The maximum Gasteiger partial charge on any atom is 0.109 e. The van der Waals surface area contributed by atoms with Crippen molar-refractivity contribution in [3.8, 4) is 0 Å². The van der Waals surface area contributed by atoms with Crippen LogP contribution >= 0.6 is 0 Å². The van der Waals surface area contributed by atoms with Gasteiger partial charge in [0.1, 0.15) is 13.1 Å². The summed E-state index contributed by atoms with van der Waals surface area (Å²) in [4.78, 5) is 0. The number of nitrogens with zero attached hydrogens (tertiary/aromatic N) is 1. The summed E-state index contributed by atoms with van der Waals surface area (Å²) in [7, 11) is 2.26. The maximum atomic E-state index is 2.26. The average Bonchev–Trinajstić information content (AvgIpc) is 2.19. The minimum absolute atomic E-state index is 0.973. The van der Waals surface area contributed by atoms with Crippen LogP contribution in [0.2, 0.25) is 0 Å². The van der Waals surface area contributed by atoms with Gasteiger partial charge in [0.05, 0.1) is 13.2 Å². The second kappa shape index (κ2) is 3.81. The van der Waals surface area contributed by atoms with Crippen molar-refractivity contribution < 1.29 is 4.48 Å². The molecule has 1 aromatic rings. The van der Waals surface area contributed by atoms with Crippen LogP contribution in [-0.2, 0) is 6.54 Å². The number of benzene rings is 1. The number of hydrogen-bond donors (Lipinski definition) is 0. The summed E-state index contributed by atoms with van der Waals surface area (Å²) in [5.41, 5.74) is 1.40. The standard InChI is InChI=1S/C13H16N/c1-14(10-6-3-7-11-14)12-13-8-4-2-5-9-13/h2-10H,11-12H2,1H3/q+1/t14-/m1/s1. The molecule has 0 aliphatic carbocycles. The van der Waals surface area contributed by atoms with Crippen LogP contribution in [0.25, 0.3) is 0 Å². The van der Waals surface area contributed by atoms with Crippen molar-refractivity contribution in [3.63, 3.8) is 0 Å². The fourth-order valence-electron chi connectivity index (χ4n) is 1.82. The first-order valence-corrected chi connectivity index (χ1v) is 5.01. The molecule has 0 unspecified atom stereocenters. The molecular weight excluding hydrogens is 170 g/mol. The molecule has 1 heteroatoms. The van der Waals surface area contributed by atoms with Gasteiger partial charge in [0.25, 0.3) is 0 Å². The maximum absolute atomic E-state index is 2.26. The van der Waals surface area contributed by atoms with Gasteiger partial charge in [0, 0.05) is 5.56 Å². The SMILES string of the molecule is C[N@@+]1(Cc2ccccc2)C=CC=CC1. The summed E-state index contributed by atoms with van der Waals surface area (Å²) in [5, 5.41) is 0. The van der Waals surface area contributed by atoms with E-state index >= 15 is 0 Å². The third-order valence-corrected chi connectivity index (χ3v) is 2.60. The molecule has 0 N–H and O–H groups in total. The highest BCUT2D eigenvalue weighted by Crippen LogP contribution is 2.15. The van der Waals surface area contributed by atoms with Gasteiger partial charge in [-0.1, -0.05) is 36.4 Å². The van der Waals surface area contributed by atoms with E-state index in [1.54, 1.807) is 0 Å². The van der Waals surface area contributed by atoms with Crippen molar-refractivity contribution >= 4 is 0 Å². The van der Waals surface area contributed by atoms with E-state index in [1.807, 2.05) is 0 Å². The predicted octanol–water partition coefficient (Wildman–Crippen LogP) is 2.72. The van der Waals surface area contributed by atoms with Crippen molar-refractivity contribution in [1.82, 2.24) is 0 Å². The minimum Gasteiger partial charge on any atom is -0.293 e. The normalized spacial score (nSPS) is 25.2. The van der Waals surface area contributed by atoms with Gasteiger partial charge in [-0.25, -0.2) is 0 Å². The van der Waals surface area contributed by atoms with Gasteiger partial charge in [0.15, 0.2) is 0 Å². The molecule has 1 aliphatic heterocycles. The largest absolute Gasteiger partial charge is 0.293 e. The minimum atomic E-state index is 0.973. The van der Waals surface area contributed by atoms with Crippen molar-refractivity contribution in [1.29, 1.82) is 0 Å². The van der Waals surface area contributed by atoms with E-state index in [9.17, 15) is 0 Å². The molecule has 0 saturated heterocycles. The summed E-state index contributed by atoms with van der Waals surface area (Å²) in [6.45, 7) is 2.16. The smallest absolute Gasteiger partial charge is 0.109 e. The van der Waals surface area contributed by atoms with Gasteiger partial charge in [-0.05, 0) is 12.2 Å². The summed E-state index contributed by atoms with van der Waals surface area (Å²) in [6, 6.07) is 10.6. The van der Waals surface area contributed by atoms with Crippen molar-refractivity contribution in [2.45, 2.75) is 6.54 Å². The Morgan fingerprint density at radius 3 is 2.57 bits per heavy atom. The Bertz CT molecular complexity index is 351. The Morgan fingerprint density at radius 1 is 1.14 bits per heavy atom. The first-order chi connectivity index (χ1) is 6.79. The van der Waals surface area contributed by atoms with Gasteiger partial charge in [0.2, 0.25) is 0 Å². The molecule has 1 atom stereocenters. The zero-order valence-electron chi connectivity index (χ0n) is 8.56. The number of rotatable bonds is 2. The van der Waals surface area contributed by atoms with Crippen LogP contribution in [0.3, 0.4) is 0 Å². The van der Waals surface area contributed by atoms with Crippen LogP contribution in [0.1, 0.15) is 5.56 Å². The van der Waals surface area contributed by atoms with Crippen LogP contribution in [0.4, 0.5) is 0 Å². The van der Waals surface area contributed by atoms with Crippen molar-refractivity contribution in [3.05, 3.63) is 60.3 Å². The molecule has 0 amide bonds. The summed E-state index contributed by atoms with van der Waals surface area (Å²) in [6.07, 6.45) is 8.73. The fraction of sp³-hybridized carbons (Fsp3) is 0.231. The summed E-state index contributed by atoms with van der Waals surface area (Å²) in [5.74, 6) is 0. The molecule has 0 bridgehead atoms. The average molecular weight is 186 g/mol. The molecule has 0 aromatic heterocycles. The highest BCUT2D eigenvalue weighted by molar-refractivity contribution is 5.14. The molecule has 0 fully saturated rings. The van der Waals surface area contributed by atoms with E-state index in [0.717, 1.165) is 17.6 Å². The molecule has 0 radical (unpaired) electrons. The van der Waals surface area contributed by atoms with Gasteiger partial charge >= 0.3 is 0 Å². The van der Waals surface area contributed by atoms with Crippen molar-refractivity contribution in [2.75, 3.05) is 13.6 Å². The molecular formula is C13H16N+. The molecule has 72 valence electrons. The Hall–Kier alpha value is -1.34. The molecule has 0 saturated carbocycles. The van der Waals surface area contributed by atoms with Gasteiger partial charge in [-0.3, -0.25) is 4.48 Å². The highest BCUT2D eigenvalue weighted by atomic mass is 15.3. The molecule has 2 rings (SSSR count). The van der Waals surface area contributed by atoms with Crippen molar-refractivity contribution in [2.24, 2.45) is 0 Å². The van der Waals surface area contributed by atoms with E-state index in [4.69, 9.17) is 0 Å². The second-order valence-corrected chi connectivity index (χ2v) is 4.08. The topological polar surface area (TPSA) is 0 Å². The van der Waals surface area contributed by atoms with Gasteiger partial charge in [-0.2, -0.15) is 0 Å². The highest BCUT2D eigenvalue weighted by Gasteiger charge is 2.18. The Morgan fingerprint density at radius 2 is 1.93 bits per heavy atom. The lowest BCUT2D eigenvalue weighted by molar-refractivity contribution is -0.867. The van der Waals surface area contributed by atoms with Crippen LogP contribution in [0, 0.1) is 0 Å². The molecule has 1 aliphatic rings. The lowest BCUT2D eigenvalue weighted by Gasteiger charge is -2.30. The quantitative estimate of drug-likeness (QED) is 0.623. The lowest BCUT2D eigenvalue weighted by Crippen LogP contribution is -2.38. The first kappa shape index (κ1) is 9.22. The molecule has 0 spiro atoms. The third kappa shape index (κ3) is 2.12. The monoisotopic (exact) mass is 186 g/mol. The number of quaternary nitrogens is 1. The summed E-state index contributed by atoms with van der Waals surface area (Å²) >= 11 is 0. The molecule has 1 nitrogen and oxygen atoms in total. The van der Waals surface area contributed by atoms with E-state index < -0.39 is 0 Å². The Labute approximate surface area is 85.6 Å². The number of allylic oxidation sites excluding steroid dienone is 2. The van der Waals surface area contributed by atoms with Crippen LogP contribution < -0.4 is 0 Å². The fourth-order valence-corrected chi connectivity index (χ4v) is 1.82. The van der Waals surface area contributed by atoms with Gasteiger partial charge in [-0.15, -0.1) is 0 Å². The summed E-state index contributed by atoms with van der Waals surface area (Å²) < 4.78 is 0.973. The van der Waals surface area contributed by atoms with Crippen LogP contribution in [-0.4, -0.2) is 18.1 Å². The lowest BCUT2D eigenvalue weighted by atomic mass is 10.2. The van der Waals surface area contributed by atoms with E-state index in [-0.39, 0.29) is 0 Å². The van der Waals surface area contributed by atoms with E-state index in [1.165, 1.54) is 5.56 Å². The third-order valence-electron chi connectivity index (χ3n) is 2.60.